The van der Waals surface area contributed by atoms with Crippen LogP contribution in [0.15, 0.2) is 64.9 Å². The van der Waals surface area contributed by atoms with E-state index in [0.29, 0.717) is 28.7 Å². The van der Waals surface area contributed by atoms with Gasteiger partial charge in [0, 0.05) is 23.8 Å². The first-order valence-corrected chi connectivity index (χ1v) is 8.14. The van der Waals surface area contributed by atoms with Crippen LogP contribution in [-0.2, 0) is 14.3 Å². The highest BCUT2D eigenvalue weighted by Gasteiger charge is 2.14. The zero-order valence-corrected chi connectivity index (χ0v) is 14.3. The second kappa shape index (κ2) is 7.70. The van der Waals surface area contributed by atoms with Crippen LogP contribution >= 0.6 is 0 Å². The second-order valence-electron chi connectivity index (χ2n) is 5.70. The molecule has 1 aromatic heterocycles. The first-order chi connectivity index (χ1) is 13.0. The molecule has 0 spiro atoms. The molecule has 0 fully saturated rings. The van der Waals surface area contributed by atoms with Gasteiger partial charge in [-0.25, -0.2) is 14.4 Å². The highest BCUT2D eigenvalue weighted by molar-refractivity contribution is 5.83. The molecule has 1 atom stereocenters. The molecule has 27 heavy (non-hydrogen) atoms. The standard InChI is InChI=1S/C21H16O6/c1-3-19(22)25-15-8-5-13(6-9-15)17-11-14-7-10-16(26-20(23)4-2)12-18(14)27-21(17)24/h3-9,11-12,16H,1-2,10H2. The maximum absolute atomic E-state index is 12.4. The molecule has 0 aliphatic heterocycles. The van der Waals surface area contributed by atoms with Crippen LogP contribution in [0.5, 0.6) is 5.75 Å². The fraction of sp³-hybridized carbons (Fsp3) is 0.0952. The van der Waals surface area contributed by atoms with Gasteiger partial charge in [0.1, 0.15) is 17.3 Å². The summed E-state index contributed by atoms with van der Waals surface area (Å²) in [6.07, 6.45) is 5.55. The summed E-state index contributed by atoms with van der Waals surface area (Å²) in [5, 5.41) is 0.734. The lowest BCUT2D eigenvalue weighted by atomic mass is 10.0. The van der Waals surface area contributed by atoms with E-state index >= 15 is 0 Å². The van der Waals surface area contributed by atoms with Crippen LogP contribution in [0.1, 0.15) is 6.42 Å². The second-order valence-corrected chi connectivity index (χ2v) is 5.70. The van der Waals surface area contributed by atoms with Crippen molar-refractivity contribution in [2.24, 2.45) is 0 Å². The van der Waals surface area contributed by atoms with Crippen LogP contribution in [0.25, 0.3) is 23.3 Å². The van der Waals surface area contributed by atoms with Gasteiger partial charge in [-0.3, -0.25) is 0 Å². The van der Waals surface area contributed by atoms with Crippen molar-refractivity contribution in [3.8, 4) is 16.9 Å². The third kappa shape index (κ3) is 4.12. The predicted molar refractivity (Wildman–Crippen MR) is 99.1 cm³/mol. The van der Waals surface area contributed by atoms with Gasteiger partial charge in [-0.15, -0.1) is 0 Å². The Morgan fingerprint density at radius 1 is 1.11 bits per heavy atom. The van der Waals surface area contributed by atoms with Crippen molar-refractivity contribution in [1.82, 2.24) is 0 Å². The van der Waals surface area contributed by atoms with Gasteiger partial charge >= 0.3 is 17.6 Å². The van der Waals surface area contributed by atoms with Crippen molar-refractivity contribution < 1.29 is 23.5 Å². The van der Waals surface area contributed by atoms with Crippen molar-refractivity contribution in [1.29, 1.82) is 0 Å². The van der Waals surface area contributed by atoms with Gasteiger partial charge in [-0.2, -0.15) is 0 Å². The average molecular weight is 364 g/mol. The fourth-order valence-corrected chi connectivity index (χ4v) is 2.61. The Labute approximate surface area is 154 Å². The molecule has 0 bridgehead atoms. The molecule has 2 aromatic rings. The molecule has 0 amide bonds. The lowest BCUT2D eigenvalue weighted by Gasteiger charge is -2.13. The van der Waals surface area contributed by atoms with Crippen LogP contribution in [0.2, 0.25) is 0 Å². The topological polar surface area (TPSA) is 82.8 Å². The molecule has 6 heteroatoms. The number of esters is 2. The zero-order chi connectivity index (χ0) is 19.4. The smallest absolute Gasteiger partial charge is 0.344 e. The van der Waals surface area contributed by atoms with Gasteiger partial charge in [0.05, 0.1) is 5.56 Å². The van der Waals surface area contributed by atoms with Crippen molar-refractivity contribution in [3.05, 3.63) is 76.7 Å². The van der Waals surface area contributed by atoms with Crippen LogP contribution in [0.4, 0.5) is 0 Å². The molecule has 1 aromatic carbocycles. The summed E-state index contributed by atoms with van der Waals surface area (Å²) >= 11 is 0. The maximum Gasteiger partial charge on any atom is 0.344 e. The summed E-state index contributed by atoms with van der Waals surface area (Å²) in [6, 6.07) is 8.19. The van der Waals surface area contributed by atoms with Crippen molar-refractivity contribution >= 4 is 24.1 Å². The zero-order valence-electron chi connectivity index (χ0n) is 14.3. The van der Waals surface area contributed by atoms with E-state index in [0.717, 1.165) is 17.4 Å². The van der Waals surface area contributed by atoms with Crippen LogP contribution < -0.4 is 21.0 Å². The Kier molecular flexibility index (Phi) is 5.17. The Bertz CT molecular complexity index is 1090. The molecule has 1 aliphatic rings. The lowest BCUT2D eigenvalue weighted by molar-refractivity contribution is -0.140. The summed E-state index contributed by atoms with van der Waals surface area (Å²) < 4.78 is 15.5. The maximum atomic E-state index is 12.4. The van der Waals surface area contributed by atoms with Gasteiger partial charge in [0.15, 0.2) is 0 Å². The minimum absolute atomic E-state index is 0.345. The van der Waals surface area contributed by atoms with E-state index in [4.69, 9.17) is 13.9 Å². The van der Waals surface area contributed by atoms with E-state index in [1.807, 2.05) is 6.08 Å². The summed E-state index contributed by atoms with van der Waals surface area (Å²) in [5.74, 6) is -0.755. The minimum Gasteiger partial charge on any atom is -0.454 e. The SMILES string of the molecule is C=CC(=O)Oc1ccc(-c2cc3c(oc2=O)=CC(OC(=O)C=C)CC=3)cc1. The molecule has 136 valence electrons. The fourth-order valence-electron chi connectivity index (χ4n) is 2.61. The molecule has 6 nitrogen and oxygen atoms in total. The Hall–Kier alpha value is -3.67. The number of hydrogen-bond acceptors (Lipinski definition) is 6. The quantitative estimate of drug-likeness (QED) is 0.454. The minimum atomic E-state index is -0.562. The van der Waals surface area contributed by atoms with Crippen molar-refractivity contribution in [3.63, 3.8) is 0 Å². The van der Waals surface area contributed by atoms with Crippen molar-refractivity contribution in [2.75, 3.05) is 0 Å². The Morgan fingerprint density at radius 3 is 2.48 bits per heavy atom. The molecule has 1 heterocycles. The van der Waals surface area contributed by atoms with E-state index in [2.05, 4.69) is 13.2 Å². The molecule has 0 saturated heterocycles. The van der Waals surface area contributed by atoms with Gasteiger partial charge in [-0.1, -0.05) is 31.4 Å². The van der Waals surface area contributed by atoms with E-state index in [1.165, 1.54) is 0 Å². The normalized spacial score (nSPS) is 14.7. The summed E-state index contributed by atoms with van der Waals surface area (Å²) in [7, 11) is 0. The number of rotatable bonds is 5. The summed E-state index contributed by atoms with van der Waals surface area (Å²) in [6.45, 7) is 6.69. The van der Waals surface area contributed by atoms with E-state index < -0.39 is 23.7 Å². The average Bonchev–Trinajstić information content (AvgIpc) is 2.68. The molecule has 0 N–H and O–H groups in total. The van der Waals surface area contributed by atoms with Crippen LogP contribution in [-0.4, -0.2) is 18.0 Å². The molecular formula is C21H16O6. The lowest BCUT2D eigenvalue weighted by Crippen LogP contribution is -2.35. The Balaban J connectivity index is 1.91. The van der Waals surface area contributed by atoms with Crippen LogP contribution in [0.3, 0.4) is 0 Å². The molecule has 0 radical (unpaired) electrons. The van der Waals surface area contributed by atoms with Crippen molar-refractivity contribution in [2.45, 2.75) is 12.5 Å². The number of ether oxygens (including phenoxy) is 2. The number of hydrogen-bond donors (Lipinski definition) is 0. The van der Waals surface area contributed by atoms with E-state index in [1.54, 1.807) is 36.4 Å². The largest absolute Gasteiger partial charge is 0.454 e. The highest BCUT2D eigenvalue weighted by atomic mass is 16.5. The number of carbonyl (C=O) groups is 2. The monoisotopic (exact) mass is 364 g/mol. The molecular weight excluding hydrogens is 348 g/mol. The highest BCUT2D eigenvalue weighted by Crippen LogP contribution is 2.19. The summed E-state index contributed by atoms with van der Waals surface area (Å²) in [5.41, 5.74) is 0.832. The summed E-state index contributed by atoms with van der Waals surface area (Å²) in [4.78, 5) is 34.9. The van der Waals surface area contributed by atoms with Gasteiger partial charge in [-0.05, 0) is 29.8 Å². The number of carbonyl (C=O) groups excluding carboxylic acids is 2. The third-order valence-electron chi connectivity index (χ3n) is 3.90. The van der Waals surface area contributed by atoms with Gasteiger partial charge < -0.3 is 13.9 Å². The Morgan fingerprint density at radius 2 is 1.81 bits per heavy atom. The van der Waals surface area contributed by atoms with E-state index in [-0.39, 0.29) is 0 Å². The number of benzene rings is 1. The van der Waals surface area contributed by atoms with Gasteiger partial charge in [0.25, 0.3) is 0 Å². The van der Waals surface area contributed by atoms with Crippen LogP contribution in [0, 0.1) is 0 Å². The molecule has 0 saturated carbocycles. The first-order valence-electron chi connectivity index (χ1n) is 8.14. The van der Waals surface area contributed by atoms with E-state index in [9.17, 15) is 14.4 Å². The first kappa shape index (κ1) is 18.1. The molecule has 1 aliphatic carbocycles. The predicted octanol–water partition coefficient (Wildman–Crippen LogP) is 1.46. The third-order valence-corrected chi connectivity index (χ3v) is 3.90. The number of fused-ring (bicyclic) bond motifs is 1. The van der Waals surface area contributed by atoms with Gasteiger partial charge in [0.2, 0.25) is 0 Å². The molecule has 1 unspecified atom stereocenters. The molecule has 3 rings (SSSR count).